The van der Waals surface area contributed by atoms with E-state index in [0.717, 1.165) is 15.8 Å². The van der Waals surface area contributed by atoms with E-state index < -0.39 is 4.92 Å². The summed E-state index contributed by atoms with van der Waals surface area (Å²) in [4.78, 5) is 15.4. The van der Waals surface area contributed by atoms with E-state index in [1.165, 1.54) is 6.07 Å². The zero-order chi connectivity index (χ0) is 13.6. The summed E-state index contributed by atoms with van der Waals surface area (Å²) in [6.45, 7) is 0. The molecule has 3 aromatic rings. The van der Waals surface area contributed by atoms with Crippen LogP contribution in [-0.4, -0.2) is 14.3 Å². The lowest BCUT2D eigenvalue weighted by molar-refractivity contribution is -0.380. The number of imidazole rings is 1. The van der Waals surface area contributed by atoms with E-state index in [-0.39, 0.29) is 5.00 Å². The highest BCUT2D eigenvalue weighted by molar-refractivity contribution is 9.10. The Bertz CT molecular complexity index is 795. The van der Waals surface area contributed by atoms with E-state index >= 15 is 0 Å². The number of nitro groups is 1. The first kappa shape index (κ1) is 12.1. The molecule has 0 unspecified atom stereocenters. The van der Waals surface area contributed by atoms with Gasteiger partial charge in [-0.05, 0) is 34.1 Å². The molecule has 8 heteroatoms. The maximum Gasteiger partial charge on any atom is 0.324 e. The quantitative estimate of drug-likeness (QED) is 0.573. The minimum atomic E-state index is -0.420. The van der Waals surface area contributed by atoms with Gasteiger partial charge in [0.2, 0.25) is 0 Å². The number of anilines is 1. The van der Waals surface area contributed by atoms with E-state index in [0.29, 0.717) is 22.0 Å². The van der Waals surface area contributed by atoms with Crippen LogP contribution in [0, 0.1) is 10.1 Å². The van der Waals surface area contributed by atoms with Crippen LogP contribution in [0.25, 0.3) is 16.2 Å². The Kier molecular flexibility index (Phi) is 2.76. The van der Waals surface area contributed by atoms with Gasteiger partial charge in [-0.3, -0.25) is 14.5 Å². The fraction of sp³-hybridized carbons (Fsp3) is 0. The molecule has 6 nitrogen and oxygen atoms in total. The third-order valence-corrected chi connectivity index (χ3v) is 4.14. The van der Waals surface area contributed by atoms with Gasteiger partial charge in [0, 0.05) is 16.7 Å². The van der Waals surface area contributed by atoms with Gasteiger partial charge >= 0.3 is 5.00 Å². The van der Waals surface area contributed by atoms with Gasteiger partial charge in [0.15, 0.2) is 0 Å². The zero-order valence-corrected chi connectivity index (χ0v) is 11.8. The van der Waals surface area contributed by atoms with E-state index in [1.807, 2.05) is 18.3 Å². The average molecular weight is 339 g/mol. The molecule has 0 aliphatic rings. The lowest BCUT2D eigenvalue weighted by Crippen LogP contribution is -1.93. The van der Waals surface area contributed by atoms with Crippen molar-refractivity contribution in [2.75, 3.05) is 5.73 Å². The number of thiophene rings is 1. The van der Waals surface area contributed by atoms with Crippen LogP contribution in [0.4, 0.5) is 10.8 Å². The summed E-state index contributed by atoms with van der Waals surface area (Å²) < 4.78 is 2.62. The summed E-state index contributed by atoms with van der Waals surface area (Å²) >= 11 is 4.43. The first-order chi connectivity index (χ1) is 9.06. The van der Waals surface area contributed by atoms with Crippen molar-refractivity contribution in [3.05, 3.63) is 45.0 Å². The Morgan fingerprint density at radius 3 is 2.84 bits per heavy atom. The SMILES string of the molecule is Nc1c(-c2ccc([N+](=O)[O-])s2)nc2ccc(Br)cn12. The predicted octanol–water partition coefficient (Wildman–Crippen LogP) is 3.32. The van der Waals surface area contributed by atoms with Crippen molar-refractivity contribution < 1.29 is 4.92 Å². The molecule has 2 N–H and O–H groups in total. The Morgan fingerprint density at radius 2 is 2.16 bits per heavy atom. The predicted molar refractivity (Wildman–Crippen MR) is 77.3 cm³/mol. The molecule has 3 aromatic heterocycles. The lowest BCUT2D eigenvalue weighted by Gasteiger charge is -1.97. The number of rotatable bonds is 2. The van der Waals surface area contributed by atoms with Crippen molar-refractivity contribution in [3.63, 3.8) is 0 Å². The average Bonchev–Trinajstić information content (AvgIpc) is 2.95. The van der Waals surface area contributed by atoms with Crippen LogP contribution in [0.3, 0.4) is 0 Å². The van der Waals surface area contributed by atoms with E-state index in [1.54, 1.807) is 10.5 Å². The Labute approximate surface area is 119 Å². The van der Waals surface area contributed by atoms with Crippen molar-refractivity contribution in [2.45, 2.75) is 0 Å². The normalized spacial score (nSPS) is 11.0. The zero-order valence-electron chi connectivity index (χ0n) is 9.41. The van der Waals surface area contributed by atoms with Gasteiger partial charge < -0.3 is 5.73 Å². The van der Waals surface area contributed by atoms with Crippen molar-refractivity contribution in [1.82, 2.24) is 9.38 Å². The summed E-state index contributed by atoms with van der Waals surface area (Å²) in [6, 6.07) is 6.81. The molecule has 0 aliphatic heterocycles. The molecule has 96 valence electrons. The molecule has 0 spiro atoms. The maximum atomic E-state index is 10.7. The van der Waals surface area contributed by atoms with Crippen molar-refractivity contribution in [3.8, 4) is 10.6 Å². The number of nitrogen functional groups attached to an aromatic ring is 1. The molecule has 19 heavy (non-hydrogen) atoms. The highest BCUT2D eigenvalue weighted by atomic mass is 79.9. The molecule has 3 heterocycles. The molecule has 0 atom stereocenters. The molecule has 0 saturated heterocycles. The van der Waals surface area contributed by atoms with Crippen LogP contribution < -0.4 is 5.73 Å². The Morgan fingerprint density at radius 1 is 1.37 bits per heavy atom. The van der Waals surface area contributed by atoms with E-state index in [9.17, 15) is 10.1 Å². The molecular weight excluding hydrogens is 332 g/mol. The molecule has 0 aromatic carbocycles. The van der Waals surface area contributed by atoms with Gasteiger partial charge in [0.05, 0.1) is 9.80 Å². The number of halogens is 1. The first-order valence-corrected chi connectivity index (χ1v) is 6.85. The highest BCUT2D eigenvalue weighted by Gasteiger charge is 2.17. The van der Waals surface area contributed by atoms with E-state index in [2.05, 4.69) is 20.9 Å². The summed E-state index contributed by atoms with van der Waals surface area (Å²) in [5, 5.41) is 10.8. The van der Waals surface area contributed by atoms with Gasteiger partial charge in [0.25, 0.3) is 0 Å². The number of pyridine rings is 1. The van der Waals surface area contributed by atoms with Gasteiger partial charge in [0.1, 0.15) is 17.2 Å². The largest absolute Gasteiger partial charge is 0.383 e. The monoisotopic (exact) mass is 338 g/mol. The first-order valence-electron chi connectivity index (χ1n) is 5.24. The highest BCUT2D eigenvalue weighted by Crippen LogP contribution is 2.35. The minimum absolute atomic E-state index is 0.0765. The summed E-state index contributed by atoms with van der Waals surface area (Å²) in [5.41, 5.74) is 7.31. The Hall–Kier alpha value is -1.93. The van der Waals surface area contributed by atoms with Crippen LogP contribution in [0.5, 0.6) is 0 Å². The molecule has 0 radical (unpaired) electrons. The second-order valence-corrected chi connectivity index (χ2v) is 5.79. The summed E-state index contributed by atoms with van der Waals surface area (Å²) in [7, 11) is 0. The van der Waals surface area contributed by atoms with Crippen molar-refractivity contribution in [2.24, 2.45) is 0 Å². The fourth-order valence-corrected chi connectivity index (χ4v) is 2.93. The smallest absolute Gasteiger partial charge is 0.324 e. The number of aromatic nitrogens is 2. The fourth-order valence-electron chi connectivity index (χ4n) is 1.77. The van der Waals surface area contributed by atoms with Gasteiger partial charge in [-0.25, -0.2) is 4.98 Å². The second-order valence-electron chi connectivity index (χ2n) is 3.82. The minimum Gasteiger partial charge on any atom is -0.383 e. The standard InChI is InChI=1S/C11H7BrN4O2S/c12-6-1-3-8-14-10(11(13)15(8)5-6)7-2-4-9(19-7)16(17)18/h1-5H,13H2. The van der Waals surface area contributed by atoms with Crippen LogP contribution in [0.15, 0.2) is 34.9 Å². The van der Waals surface area contributed by atoms with Crippen LogP contribution >= 0.6 is 27.3 Å². The molecule has 0 aliphatic carbocycles. The van der Waals surface area contributed by atoms with Crippen molar-refractivity contribution in [1.29, 1.82) is 0 Å². The maximum absolute atomic E-state index is 10.7. The summed E-state index contributed by atoms with van der Waals surface area (Å²) in [5.74, 6) is 0.466. The lowest BCUT2D eigenvalue weighted by atomic mass is 10.3. The molecule has 0 amide bonds. The molecule has 0 fully saturated rings. The Balaban J connectivity index is 2.19. The topological polar surface area (TPSA) is 86.5 Å². The summed E-state index contributed by atoms with van der Waals surface area (Å²) in [6.07, 6.45) is 1.81. The van der Waals surface area contributed by atoms with Crippen LogP contribution in [-0.2, 0) is 0 Å². The van der Waals surface area contributed by atoms with Gasteiger partial charge in [-0.15, -0.1) is 0 Å². The molecular formula is C11H7BrN4O2S. The number of nitrogens with two attached hydrogens (primary N) is 1. The van der Waals surface area contributed by atoms with Crippen LogP contribution in [0.1, 0.15) is 0 Å². The third-order valence-electron chi connectivity index (χ3n) is 2.62. The number of hydrogen-bond donors (Lipinski definition) is 1. The molecule has 3 rings (SSSR count). The van der Waals surface area contributed by atoms with Crippen molar-refractivity contribution >= 4 is 43.7 Å². The van der Waals surface area contributed by atoms with Gasteiger partial charge in [-0.1, -0.05) is 11.3 Å². The second kappa shape index (κ2) is 4.32. The van der Waals surface area contributed by atoms with Gasteiger partial charge in [-0.2, -0.15) is 0 Å². The third kappa shape index (κ3) is 1.98. The molecule has 0 saturated carbocycles. The van der Waals surface area contributed by atoms with Crippen LogP contribution in [0.2, 0.25) is 0 Å². The molecule has 0 bridgehead atoms. The number of fused-ring (bicyclic) bond motifs is 1. The number of hydrogen-bond acceptors (Lipinski definition) is 5. The number of nitrogens with zero attached hydrogens (tertiary/aromatic N) is 3. The van der Waals surface area contributed by atoms with E-state index in [4.69, 9.17) is 5.73 Å².